The highest BCUT2D eigenvalue weighted by Crippen LogP contribution is 2.38. The summed E-state index contributed by atoms with van der Waals surface area (Å²) in [5.41, 5.74) is -0.226. The highest BCUT2D eigenvalue weighted by Gasteiger charge is 2.51. The Morgan fingerprint density at radius 2 is 2.00 bits per heavy atom. The van der Waals surface area contributed by atoms with Gasteiger partial charge < -0.3 is 15.3 Å². The number of benzene rings is 1. The Kier molecular flexibility index (Phi) is 4.20. The first-order chi connectivity index (χ1) is 11.2. The summed E-state index contributed by atoms with van der Waals surface area (Å²) >= 11 is 5.74. The second-order valence-corrected chi connectivity index (χ2v) is 7.50. The van der Waals surface area contributed by atoms with E-state index in [9.17, 15) is 19.1 Å². The fourth-order valence-corrected chi connectivity index (χ4v) is 3.79. The summed E-state index contributed by atoms with van der Waals surface area (Å²) in [6.07, 6.45) is 1.57. The van der Waals surface area contributed by atoms with Crippen LogP contribution in [-0.2, 0) is 4.79 Å². The van der Waals surface area contributed by atoms with E-state index in [2.05, 4.69) is 5.32 Å². The predicted molar refractivity (Wildman–Crippen MR) is 87.4 cm³/mol. The molecule has 2 heterocycles. The van der Waals surface area contributed by atoms with E-state index < -0.39 is 11.6 Å². The third kappa shape index (κ3) is 2.73. The van der Waals surface area contributed by atoms with Crippen LogP contribution in [0.1, 0.15) is 37.0 Å². The number of piperidine rings is 1. The van der Waals surface area contributed by atoms with E-state index >= 15 is 0 Å². The smallest absolute Gasteiger partial charge is 0.254 e. The minimum atomic E-state index is -0.903. The third-order valence-electron chi connectivity index (χ3n) is 5.21. The number of carbonyl (C=O) groups excluding carboxylic acids is 2. The number of aromatic hydroxyl groups is 1. The Morgan fingerprint density at radius 3 is 2.50 bits per heavy atom. The van der Waals surface area contributed by atoms with Crippen molar-refractivity contribution in [3.63, 3.8) is 0 Å². The standard InChI is InChI=1S/C17H20ClFN2O3/c1-17(2)14(20-16(17)24)9-3-5-21(6-4-9)15(23)10-7-11(18)13(22)12(19)8-10/h7-9,14,22H,3-6H2,1-2H3,(H,20,24)/t14-/m0/s1. The number of phenols is 1. The molecule has 2 amide bonds. The highest BCUT2D eigenvalue weighted by atomic mass is 35.5. The fourth-order valence-electron chi connectivity index (χ4n) is 3.59. The lowest BCUT2D eigenvalue weighted by molar-refractivity contribution is -0.146. The minimum absolute atomic E-state index is 0.0696. The van der Waals surface area contributed by atoms with Gasteiger partial charge in [-0.05, 0) is 44.7 Å². The molecular formula is C17H20ClFN2O3. The van der Waals surface area contributed by atoms with Crippen molar-refractivity contribution in [3.05, 3.63) is 28.5 Å². The minimum Gasteiger partial charge on any atom is -0.504 e. The molecule has 0 unspecified atom stereocenters. The molecule has 24 heavy (non-hydrogen) atoms. The lowest BCUT2D eigenvalue weighted by atomic mass is 9.68. The second-order valence-electron chi connectivity index (χ2n) is 7.09. The lowest BCUT2D eigenvalue weighted by Crippen LogP contribution is -2.68. The summed E-state index contributed by atoms with van der Waals surface area (Å²) in [6, 6.07) is 2.43. The van der Waals surface area contributed by atoms with E-state index in [4.69, 9.17) is 11.6 Å². The number of phenolic OH excluding ortho intramolecular Hbond substituents is 1. The number of nitrogens with zero attached hydrogens (tertiary/aromatic N) is 1. The van der Waals surface area contributed by atoms with Crippen molar-refractivity contribution >= 4 is 23.4 Å². The van der Waals surface area contributed by atoms with Crippen LogP contribution in [0.4, 0.5) is 4.39 Å². The molecular weight excluding hydrogens is 335 g/mol. The van der Waals surface area contributed by atoms with Gasteiger partial charge in [-0.2, -0.15) is 0 Å². The van der Waals surface area contributed by atoms with Gasteiger partial charge in [0, 0.05) is 24.7 Å². The zero-order chi connectivity index (χ0) is 17.6. The van der Waals surface area contributed by atoms with Crippen LogP contribution in [0.3, 0.4) is 0 Å². The van der Waals surface area contributed by atoms with Crippen LogP contribution in [0.15, 0.2) is 12.1 Å². The van der Waals surface area contributed by atoms with Gasteiger partial charge in [0.2, 0.25) is 5.91 Å². The molecule has 1 aromatic rings. The zero-order valence-electron chi connectivity index (χ0n) is 13.6. The van der Waals surface area contributed by atoms with E-state index in [0.717, 1.165) is 18.9 Å². The fraction of sp³-hybridized carbons (Fsp3) is 0.529. The predicted octanol–water partition coefficient (Wildman–Crippen LogP) is 2.56. The molecule has 0 bridgehead atoms. The van der Waals surface area contributed by atoms with Crippen molar-refractivity contribution in [2.24, 2.45) is 11.3 Å². The molecule has 2 aliphatic rings. The Bertz CT molecular complexity index is 676. The average Bonchev–Trinajstić information content (AvgIpc) is 2.56. The molecule has 0 saturated carbocycles. The summed E-state index contributed by atoms with van der Waals surface area (Å²) in [4.78, 5) is 25.8. The first-order valence-electron chi connectivity index (χ1n) is 8.00. The van der Waals surface area contributed by atoms with Crippen molar-refractivity contribution in [2.75, 3.05) is 13.1 Å². The number of β-lactam (4-membered cyclic amide) rings is 1. The van der Waals surface area contributed by atoms with Crippen molar-refractivity contribution in [1.29, 1.82) is 0 Å². The maximum Gasteiger partial charge on any atom is 0.254 e. The van der Waals surface area contributed by atoms with Gasteiger partial charge in [0.05, 0.1) is 10.4 Å². The third-order valence-corrected chi connectivity index (χ3v) is 5.50. The topological polar surface area (TPSA) is 69.6 Å². The van der Waals surface area contributed by atoms with Gasteiger partial charge in [-0.25, -0.2) is 4.39 Å². The second kappa shape index (κ2) is 5.92. The van der Waals surface area contributed by atoms with Crippen LogP contribution in [0, 0.1) is 17.2 Å². The van der Waals surface area contributed by atoms with Crippen molar-refractivity contribution in [2.45, 2.75) is 32.7 Å². The van der Waals surface area contributed by atoms with E-state index in [1.54, 1.807) is 4.90 Å². The van der Waals surface area contributed by atoms with E-state index in [-0.39, 0.29) is 33.9 Å². The van der Waals surface area contributed by atoms with Gasteiger partial charge in [-0.3, -0.25) is 9.59 Å². The maximum atomic E-state index is 13.6. The van der Waals surface area contributed by atoms with Crippen LogP contribution >= 0.6 is 11.6 Å². The molecule has 1 aromatic carbocycles. The number of likely N-dealkylation sites (tertiary alicyclic amines) is 1. The zero-order valence-corrected chi connectivity index (χ0v) is 14.4. The Balaban J connectivity index is 1.65. The van der Waals surface area contributed by atoms with Gasteiger partial charge in [-0.1, -0.05) is 11.6 Å². The maximum absolute atomic E-state index is 13.6. The number of rotatable bonds is 2. The SMILES string of the molecule is CC1(C)C(=O)N[C@H]1C1CCN(C(=O)c2cc(F)c(O)c(Cl)c2)CC1. The first-order valence-corrected chi connectivity index (χ1v) is 8.38. The van der Waals surface area contributed by atoms with Gasteiger partial charge in [-0.15, -0.1) is 0 Å². The summed E-state index contributed by atoms with van der Waals surface area (Å²) < 4.78 is 13.6. The number of nitrogens with one attached hydrogen (secondary N) is 1. The molecule has 2 fully saturated rings. The number of halogens is 2. The number of carbonyl (C=O) groups is 2. The van der Waals surface area contributed by atoms with Crippen molar-refractivity contribution < 1.29 is 19.1 Å². The summed E-state index contributed by atoms with van der Waals surface area (Å²) in [6.45, 7) is 4.97. The van der Waals surface area contributed by atoms with Crippen LogP contribution in [-0.4, -0.2) is 41.0 Å². The van der Waals surface area contributed by atoms with Gasteiger partial charge in [0.25, 0.3) is 5.91 Å². The number of amides is 2. The monoisotopic (exact) mass is 354 g/mol. The molecule has 2 saturated heterocycles. The normalized spacial score (nSPS) is 23.6. The molecule has 3 rings (SSSR count). The Morgan fingerprint density at radius 1 is 1.38 bits per heavy atom. The van der Waals surface area contributed by atoms with Crippen LogP contribution in [0.25, 0.3) is 0 Å². The lowest BCUT2D eigenvalue weighted by Gasteiger charge is -2.50. The van der Waals surface area contributed by atoms with E-state index in [1.165, 1.54) is 6.07 Å². The molecule has 1 atom stereocenters. The van der Waals surface area contributed by atoms with Crippen molar-refractivity contribution in [1.82, 2.24) is 10.2 Å². The molecule has 0 aliphatic carbocycles. The first kappa shape index (κ1) is 17.0. The molecule has 2 N–H and O–H groups in total. The van der Waals surface area contributed by atoms with Gasteiger partial charge in [0.1, 0.15) is 0 Å². The Hall–Kier alpha value is -1.82. The average molecular weight is 355 g/mol. The summed E-state index contributed by atoms with van der Waals surface area (Å²) in [7, 11) is 0. The molecule has 2 aliphatic heterocycles. The summed E-state index contributed by atoms with van der Waals surface area (Å²) in [5, 5.41) is 12.1. The number of hydrogen-bond donors (Lipinski definition) is 2. The largest absolute Gasteiger partial charge is 0.504 e. The van der Waals surface area contributed by atoms with Crippen LogP contribution in [0.2, 0.25) is 5.02 Å². The molecule has 0 radical (unpaired) electrons. The van der Waals surface area contributed by atoms with Crippen molar-refractivity contribution in [3.8, 4) is 5.75 Å². The van der Waals surface area contributed by atoms with Gasteiger partial charge in [0.15, 0.2) is 11.6 Å². The Labute approximate surface area is 144 Å². The molecule has 0 spiro atoms. The van der Waals surface area contributed by atoms with Gasteiger partial charge >= 0.3 is 0 Å². The van der Waals surface area contributed by atoms with E-state index in [0.29, 0.717) is 19.0 Å². The summed E-state index contributed by atoms with van der Waals surface area (Å²) in [5.74, 6) is -1.44. The van der Waals surface area contributed by atoms with E-state index in [1.807, 2.05) is 13.8 Å². The molecule has 7 heteroatoms. The highest BCUT2D eigenvalue weighted by molar-refractivity contribution is 6.32. The molecule has 130 valence electrons. The van der Waals surface area contributed by atoms with Crippen LogP contribution < -0.4 is 5.32 Å². The quantitative estimate of drug-likeness (QED) is 0.802. The molecule has 5 nitrogen and oxygen atoms in total. The molecule has 0 aromatic heterocycles. The van der Waals surface area contributed by atoms with Crippen LogP contribution in [0.5, 0.6) is 5.75 Å². The number of hydrogen-bond acceptors (Lipinski definition) is 3.